The van der Waals surface area contributed by atoms with Gasteiger partial charge in [0.1, 0.15) is 0 Å². The Morgan fingerprint density at radius 3 is 2.54 bits per heavy atom. The molecule has 2 aromatic rings. The van der Waals surface area contributed by atoms with E-state index in [-0.39, 0.29) is 17.9 Å². The van der Waals surface area contributed by atoms with Crippen molar-refractivity contribution in [2.24, 2.45) is 5.92 Å². The molecule has 0 radical (unpaired) electrons. The Labute approximate surface area is 141 Å². The monoisotopic (exact) mass is 329 g/mol. The lowest BCUT2D eigenvalue weighted by molar-refractivity contribution is -0.134. The van der Waals surface area contributed by atoms with Gasteiger partial charge in [-0.15, -0.1) is 0 Å². The number of rotatable bonds is 4. The maximum absolute atomic E-state index is 12.6. The predicted molar refractivity (Wildman–Crippen MR) is 91.9 cm³/mol. The van der Waals surface area contributed by atoms with E-state index in [2.05, 4.69) is 5.10 Å². The van der Waals surface area contributed by atoms with Crippen LogP contribution in [0.2, 0.25) is 0 Å². The number of carbonyl (C=O) groups excluding carboxylic acids is 1. The largest absolute Gasteiger partial charge is 0.378 e. The van der Waals surface area contributed by atoms with Gasteiger partial charge in [0.15, 0.2) is 0 Å². The highest BCUT2D eigenvalue weighted by atomic mass is 16.5. The summed E-state index contributed by atoms with van der Waals surface area (Å²) in [5, 5.41) is 5.89. The average molecular weight is 329 g/mol. The zero-order valence-electron chi connectivity index (χ0n) is 14.2. The SMILES string of the molecule is CC(C)Cn1nc(CC(=O)N2CCOCC2)c2ccccc2c1=O. The highest BCUT2D eigenvalue weighted by molar-refractivity contribution is 5.88. The number of fused-ring (bicyclic) bond motifs is 1. The first-order chi connectivity index (χ1) is 11.6. The minimum absolute atomic E-state index is 0.0331. The van der Waals surface area contributed by atoms with Crippen molar-refractivity contribution in [2.75, 3.05) is 26.3 Å². The van der Waals surface area contributed by atoms with Gasteiger partial charge in [0, 0.05) is 25.0 Å². The Balaban J connectivity index is 1.97. The van der Waals surface area contributed by atoms with Gasteiger partial charge in [-0.3, -0.25) is 9.59 Å². The molecule has 1 aliphatic rings. The van der Waals surface area contributed by atoms with Gasteiger partial charge < -0.3 is 9.64 Å². The molecular formula is C18H23N3O3. The number of nitrogens with zero attached hydrogens (tertiary/aromatic N) is 3. The standard InChI is InChI=1S/C18H23N3O3/c1-13(2)12-21-18(23)15-6-4-3-5-14(15)16(19-21)11-17(22)20-7-9-24-10-8-20/h3-6,13H,7-12H2,1-2H3. The summed E-state index contributed by atoms with van der Waals surface area (Å²) in [4.78, 5) is 27.0. The topological polar surface area (TPSA) is 64.4 Å². The van der Waals surface area contributed by atoms with Crippen LogP contribution in [0.5, 0.6) is 0 Å². The zero-order chi connectivity index (χ0) is 17.1. The Bertz CT molecular complexity index is 792. The number of morpholine rings is 1. The molecular weight excluding hydrogens is 306 g/mol. The lowest BCUT2D eigenvalue weighted by Gasteiger charge is -2.27. The number of aromatic nitrogens is 2. The Morgan fingerprint density at radius 2 is 1.88 bits per heavy atom. The molecule has 0 bridgehead atoms. The summed E-state index contributed by atoms with van der Waals surface area (Å²) in [5.74, 6) is 0.338. The van der Waals surface area contributed by atoms with Crippen LogP contribution in [0.15, 0.2) is 29.1 Å². The van der Waals surface area contributed by atoms with Gasteiger partial charge in [-0.05, 0) is 12.0 Å². The summed E-state index contributed by atoms with van der Waals surface area (Å²) >= 11 is 0. The van der Waals surface area contributed by atoms with E-state index in [0.717, 1.165) is 5.39 Å². The molecule has 0 saturated carbocycles. The summed E-state index contributed by atoms with van der Waals surface area (Å²) in [7, 11) is 0. The molecule has 1 fully saturated rings. The van der Waals surface area contributed by atoms with Crippen molar-refractivity contribution in [3.05, 3.63) is 40.3 Å². The van der Waals surface area contributed by atoms with Crippen LogP contribution in [0.25, 0.3) is 10.8 Å². The maximum Gasteiger partial charge on any atom is 0.274 e. The van der Waals surface area contributed by atoms with Crippen LogP contribution in [0.3, 0.4) is 0 Å². The molecule has 1 aromatic heterocycles. The summed E-state index contributed by atoms with van der Waals surface area (Å²) in [6, 6.07) is 7.39. The molecule has 0 atom stereocenters. The van der Waals surface area contributed by atoms with Crippen LogP contribution in [-0.4, -0.2) is 46.9 Å². The quantitative estimate of drug-likeness (QED) is 0.852. The lowest BCUT2D eigenvalue weighted by Crippen LogP contribution is -2.41. The molecule has 1 aromatic carbocycles. The molecule has 1 aliphatic heterocycles. The van der Waals surface area contributed by atoms with Gasteiger partial charge >= 0.3 is 0 Å². The number of hydrogen-bond acceptors (Lipinski definition) is 4. The number of amides is 1. The van der Waals surface area contributed by atoms with Crippen LogP contribution in [0.4, 0.5) is 0 Å². The first-order valence-electron chi connectivity index (χ1n) is 8.40. The lowest BCUT2D eigenvalue weighted by atomic mass is 10.1. The van der Waals surface area contributed by atoms with Crippen molar-refractivity contribution in [2.45, 2.75) is 26.8 Å². The molecule has 1 amide bonds. The highest BCUT2D eigenvalue weighted by Crippen LogP contribution is 2.15. The molecule has 2 heterocycles. The second-order valence-electron chi connectivity index (χ2n) is 6.54. The first kappa shape index (κ1) is 16.6. The molecule has 0 aliphatic carbocycles. The molecule has 3 rings (SSSR count). The molecule has 6 nitrogen and oxygen atoms in total. The molecule has 1 saturated heterocycles. The van der Waals surface area contributed by atoms with Crippen LogP contribution in [0.1, 0.15) is 19.5 Å². The van der Waals surface area contributed by atoms with Crippen molar-refractivity contribution in [3.8, 4) is 0 Å². The van der Waals surface area contributed by atoms with E-state index in [4.69, 9.17) is 4.74 Å². The molecule has 6 heteroatoms. The number of benzene rings is 1. The molecule has 0 unspecified atom stereocenters. The van der Waals surface area contributed by atoms with Gasteiger partial charge in [-0.2, -0.15) is 5.10 Å². The van der Waals surface area contributed by atoms with Crippen LogP contribution < -0.4 is 5.56 Å². The average Bonchev–Trinajstić information content (AvgIpc) is 2.59. The highest BCUT2D eigenvalue weighted by Gasteiger charge is 2.20. The number of hydrogen-bond donors (Lipinski definition) is 0. The van der Waals surface area contributed by atoms with Gasteiger partial charge in [0.05, 0.1) is 30.7 Å². The minimum atomic E-state index is -0.0955. The summed E-state index contributed by atoms with van der Waals surface area (Å²) in [6.07, 6.45) is 0.207. The van der Waals surface area contributed by atoms with E-state index < -0.39 is 0 Å². The smallest absolute Gasteiger partial charge is 0.274 e. The van der Waals surface area contributed by atoms with Crippen LogP contribution >= 0.6 is 0 Å². The van der Waals surface area contributed by atoms with Crippen molar-refractivity contribution in [1.82, 2.24) is 14.7 Å². The maximum atomic E-state index is 12.6. The fraction of sp³-hybridized carbons (Fsp3) is 0.500. The van der Waals surface area contributed by atoms with Crippen LogP contribution in [-0.2, 0) is 22.5 Å². The Morgan fingerprint density at radius 1 is 1.21 bits per heavy atom. The van der Waals surface area contributed by atoms with Crippen molar-refractivity contribution >= 4 is 16.7 Å². The van der Waals surface area contributed by atoms with E-state index in [0.29, 0.717) is 49.8 Å². The fourth-order valence-electron chi connectivity index (χ4n) is 2.97. The molecule has 128 valence electrons. The van der Waals surface area contributed by atoms with Crippen molar-refractivity contribution in [3.63, 3.8) is 0 Å². The summed E-state index contributed by atoms with van der Waals surface area (Å²) < 4.78 is 6.79. The van der Waals surface area contributed by atoms with E-state index >= 15 is 0 Å². The normalized spacial score (nSPS) is 15.2. The third-order valence-corrected chi connectivity index (χ3v) is 4.16. The third kappa shape index (κ3) is 3.48. The van der Waals surface area contributed by atoms with Crippen molar-refractivity contribution in [1.29, 1.82) is 0 Å². The summed E-state index contributed by atoms with van der Waals surface area (Å²) in [6.45, 7) is 7.01. The molecule has 0 N–H and O–H groups in total. The first-order valence-corrected chi connectivity index (χ1v) is 8.40. The van der Waals surface area contributed by atoms with Gasteiger partial charge in [-0.1, -0.05) is 32.0 Å². The second kappa shape index (κ2) is 7.13. The van der Waals surface area contributed by atoms with E-state index in [9.17, 15) is 9.59 Å². The van der Waals surface area contributed by atoms with E-state index in [1.807, 2.05) is 32.0 Å². The Hall–Kier alpha value is -2.21. The van der Waals surface area contributed by atoms with Crippen LogP contribution in [0, 0.1) is 5.92 Å². The van der Waals surface area contributed by atoms with E-state index in [1.165, 1.54) is 4.68 Å². The van der Waals surface area contributed by atoms with Gasteiger partial charge in [0.25, 0.3) is 5.56 Å². The third-order valence-electron chi connectivity index (χ3n) is 4.16. The second-order valence-corrected chi connectivity index (χ2v) is 6.54. The van der Waals surface area contributed by atoms with E-state index in [1.54, 1.807) is 11.0 Å². The number of ether oxygens (including phenoxy) is 1. The minimum Gasteiger partial charge on any atom is -0.378 e. The van der Waals surface area contributed by atoms with Crippen molar-refractivity contribution < 1.29 is 9.53 Å². The van der Waals surface area contributed by atoms with Gasteiger partial charge in [0.2, 0.25) is 5.91 Å². The van der Waals surface area contributed by atoms with Gasteiger partial charge in [-0.25, -0.2) is 4.68 Å². The molecule has 24 heavy (non-hydrogen) atoms. The Kier molecular flexibility index (Phi) is 4.94. The predicted octanol–water partition coefficient (Wildman–Crippen LogP) is 1.45. The summed E-state index contributed by atoms with van der Waals surface area (Å²) in [5.41, 5.74) is 0.573. The zero-order valence-corrected chi connectivity index (χ0v) is 14.2. The number of carbonyl (C=O) groups is 1. The molecule has 0 spiro atoms. The fourth-order valence-corrected chi connectivity index (χ4v) is 2.97.